The second kappa shape index (κ2) is 9.57. The molecule has 33 heavy (non-hydrogen) atoms. The highest BCUT2D eigenvalue weighted by Crippen LogP contribution is 2.32. The molecule has 0 bridgehead atoms. The lowest BCUT2D eigenvalue weighted by Gasteiger charge is -2.33. The second-order valence-electron chi connectivity index (χ2n) is 8.15. The van der Waals surface area contributed by atoms with E-state index in [0.29, 0.717) is 11.3 Å². The van der Waals surface area contributed by atoms with Gasteiger partial charge in [-0.1, -0.05) is 54.6 Å². The number of aliphatic imine (C=N–C) groups is 1. The van der Waals surface area contributed by atoms with E-state index >= 15 is 0 Å². The van der Waals surface area contributed by atoms with Gasteiger partial charge in [0.15, 0.2) is 0 Å². The van der Waals surface area contributed by atoms with Crippen molar-refractivity contribution in [1.29, 1.82) is 0 Å². The van der Waals surface area contributed by atoms with Crippen molar-refractivity contribution in [3.63, 3.8) is 0 Å². The van der Waals surface area contributed by atoms with Crippen LogP contribution in [-0.4, -0.2) is 17.9 Å². The molecule has 0 radical (unpaired) electrons. The van der Waals surface area contributed by atoms with E-state index in [1.165, 1.54) is 0 Å². The Labute approximate surface area is 194 Å². The quantitative estimate of drug-likeness (QED) is 0.453. The van der Waals surface area contributed by atoms with Crippen LogP contribution in [0.1, 0.15) is 35.3 Å². The van der Waals surface area contributed by atoms with Crippen molar-refractivity contribution < 1.29 is 14.3 Å². The largest absolute Gasteiger partial charge is 0.453 e. The summed E-state index contributed by atoms with van der Waals surface area (Å²) in [6.45, 7) is 5.69. The molecular formula is C28H26N2O3. The Balaban J connectivity index is 1.53. The first-order valence-corrected chi connectivity index (χ1v) is 10.8. The Morgan fingerprint density at radius 3 is 2.36 bits per heavy atom. The molecule has 5 nitrogen and oxygen atoms in total. The molecule has 0 saturated carbocycles. The van der Waals surface area contributed by atoms with Crippen molar-refractivity contribution in [2.75, 3.05) is 5.32 Å². The van der Waals surface area contributed by atoms with Gasteiger partial charge in [0, 0.05) is 43.0 Å². The molecule has 0 saturated heterocycles. The number of carbonyl (C=O) groups is 1. The van der Waals surface area contributed by atoms with Crippen LogP contribution in [0.15, 0.2) is 102 Å². The van der Waals surface area contributed by atoms with E-state index < -0.39 is 5.79 Å². The van der Waals surface area contributed by atoms with Crippen molar-refractivity contribution in [3.05, 3.63) is 113 Å². The fraction of sp³-hybridized carbons (Fsp3) is 0.143. The number of aryl methyl sites for hydroxylation is 1. The summed E-state index contributed by atoms with van der Waals surface area (Å²) in [6.07, 6.45) is 5.34. The van der Waals surface area contributed by atoms with Gasteiger partial charge in [-0.3, -0.25) is 9.79 Å². The maximum atomic E-state index is 12.5. The fourth-order valence-corrected chi connectivity index (χ4v) is 3.39. The highest BCUT2D eigenvalue weighted by molar-refractivity contribution is 6.04. The number of hydrogen-bond acceptors (Lipinski definition) is 4. The first kappa shape index (κ1) is 22.1. The molecular weight excluding hydrogens is 412 g/mol. The van der Waals surface area contributed by atoms with Crippen molar-refractivity contribution in [1.82, 2.24) is 0 Å². The number of allylic oxidation sites excluding steroid dienone is 2. The van der Waals surface area contributed by atoms with Crippen molar-refractivity contribution in [2.24, 2.45) is 4.99 Å². The average Bonchev–Trinajstić information content (AvgIpc) is 2.81. The molecule has 0 aliphatic carbocycles. The summed E-state index contributed by atoms with van der Waals surface area (Å²) in [6, 6.07) is 24.7. The number of nitrogens with zero attached hydrogens (tertiary/aromatic N) is 1. The first-order valence-electron chi connectivity index (χ1n) is 10.8. The minimum atomic E-state index is -0.793. The van der Waals surface area contributed by atoms with E-state index in [0.717, 1.165) is 28.3 Å². The molecule has 0 unspecified atom stereocenters. The molecule has 0 fully saturated rings. The maximum Gasteiger partial charge on any atom is 0.255 e. The molecule has 3 aromatic carbocycles. The van der Waals surface area contributed by atoms with E-state index in [1.54, 1.807) is 24.4 Å². The SMILES string of the molecule is Cc1ccc(N=CC=C2C=C(c3ccccc3)OC(C)(C)O2)cc1NC(=O)c1ccccc1. The molecule has 1 amide bonds. The predicted octanol–water partition coefficient (Wildman–Crippen LogP) is 6.66. The van der Waals surface area contributed by atoms with Gasteiger partial charge in [0.25, 0.3) is 5.91 Å². The zero-order valence-corrected chi connectivity index (χ0v) is 18.9. The highest BCUT2D eigenvalue weighted by Gasteiger charge is 2.28. The molecule has 0 aromatic heterocycles. The Morgan fingerprint density at radius 2 is 1.64 bits per heavy atom. The van der Waals surface area contributed by atoms with Crippen molar-refractivity contribution in [3.8, 4) is 0 Å². The Kier molecular flexibility index (Phi) is 6.41. The maximum absolute atomic E-state index is 12.5. The van der Waals surface area contributed by atoms with Gasteiger partial charge in [0.1, 0.15) is 11.5 Å². The minimum absolute atomic E-state index is 0.154. The van der Waals surface area contributed by atoms with Crippen LogP contribution >= 0.6 is 0 Å². The molecule has 5 heteroatoms. The summed E-state index contributed by atoms with van der Waals surface area (Å²) in [7, 11) is 0. The third-order valence-electron chi connectivity index (χ3n) is 5.02. The number of ether oxygens (including phenoxy) is 2. The highest BCUT2D eigenvalue weighted by atomic mass is 16.7. The van der Waals surface area contributed by atoms with E-state index in [1.807, 2.05) is 93.6 Å². The van der Waals surface area contributed by atoms with E-state index in [2.05, 4.69) is 10.3 Å². The van der Waals surface area contributed by atoms with Crippen molar-refractivity contribution >= 4 is 29.3 Å². The standard InChI is InChI=1S/C28H26N2O3/c1-20-14-15-23(18-25(20)30-27(31)22-12-8-5-9-13-22)29-17-16-24-19-26(33-28(2,3)32-24)21-10-6-4-7-11-21/h4-19H,1-3H3,(H,30,31). The van der Waals surface area contributed by atoms with Crippen molar-refractivity contribution in [2.45, 2.75) is 26.6 Å². The van der Waals surface area contributed by atoms with Gasteiger partial charge in [-0.15, -0.1) is 0 Å². The van der Waals surface area contributed by atoms with Gasteiger partial charge in [-0.2, -0.15) is 0 Å². The van der Waals surface area contributed by atoms with Crippen LogP contribution in [0.25, 0.3) is 5.76 Å². The van der Waals surface area contributed by atoms with Crippen LogP contribution in [0.5, 0.6) is 0 Å². The molecule has 166 valence electrons. The minimum Gasteiger partial charge on any atom is -0.453 e. The third-order valence-corrected chi connectivity index (χ3v) is 5.02. The van der Waals surface area contributed by atoms with E-state index in [9.17, 15) is 4.79 Å². The van der Waals surface area contributed by atoms with E-state index in [-0.39, 0.29) is 5.91 Å². The second-order valence-corrected chi connectivity index (χ2v) is 8.15. The molecule has 1 heterocycles. The van der Waals surface area contributed by atoms with Gasteiger partial charge in [0.2, 0.25) is 5.79 Å². The van der Waals surface area contributed by atoms with Crippen LogP contribution in [0.3, 0.4) is 0 Å². The zero-order valence-electron chi connectivity index (χ0n) is 18.9. The smallest absolute Gasteiger partial charge is 0.255 e. The lowest BCUT2D eigenvalue weighted by Crippen LogP contribution is -2.30. The van der Waals surface area contributed by atoms with Crippen LogP contribution in [0.2, 0.25) is 0 Å². The lowest BCUT2D eigenvalue weighted by atomic mass is 10.1. The Hall–Kier alpha value is -4.12. The number of nitrogens with one attached hydrogen (secondary N) is 1. The molecule has 4 rings (SSSR count). The molecule has 1 aliphatic rings. The number of benzene rings is 3. The molecule has 1 N–H and O–H groups in total. The van der Waals surface area contributed by atoms with Crippen LogP contribution in [-0.2, 0) is 9.47 Å². The first-order chi connectivity index (χ1) is 15.9. The predicted molar refractivity (Wildman–Crippen MR) is 132 cm³/mol. The number of amides is 1. The van der Waals surface area contributed by atoms with Gasteiger partial charge in [0.05, 0.1) is 5.69 Å². The summed E-state index contributed by atoms with van der Waals surface area (Å²) >= 11 is 0. The topological polar surface area (TPSA) is 59.9 Å². The van der Waals surface area contributed by atoms with Gasteiger partial charge in [-0.05, 0) is 42.8 Å². The number of anilines is 1. The molecule has 0 atom stereocenters. The normalized spacial score (nSPS) is 16.1. The molecule has 1 aliphatic heterocycles. The molecule has 0 spiro atoms. The lowest BCUT2D eigenvalue weighted by molar-refractivity contribution is -0.149. The van der Waals surface area contributed by atoms with Crippen LogP contribution in [0.4, 0.5) is 11.4 Å². The summed E-state index contributed by atoms with van der Waals surface area (Å²) in [4.78, 5) is 17.0. The third kappa shape index (κ3) is 5.77. The summed E-state index contributed by atoms with van der Waals surface area (Å²) in [5, 5.41) is 2.96. The fourth-order valence-electron chi connectivity index (χ4n) is 3.39. The van der Waals surface area contributed by atoms with Gasteiger partial charge in [-0.25, -0.2) is 0 Å². The monoisotopic (exact) mass is 438 g/mol. The summed E-state index contributed by atoms with van der Waals surface area (Å²) in [5.41, 5.74) is 3.99. The van der Waals surface area contributed by atoms with Gasteiger partial charge < -0.3 is 14.8 Å². The zero-order chi connectivity index (χ0) is 23.3. The van der Waals surface area contributed by atoms with Crippen LogP contribution in [0, 0.1) is 6.92 Å². The van der Waals surface area contributed by atoms with E-state index in [4.69, 9.17) is 9.47 Å². The number of rotatable bonds is 5. The van der Waals surface area contributed by atoms with Crippen LogP contribution < -0.4 is 5.32 Å². The van der Waals surface area contributed by atoms with Gasteiger partial charge >= 0.3 is 0 Å². The Morgan fingerprint density at radius 1 is 0.939 bits per heavy atom. The number of hydrogen-bond donors (Lipinski definition) is 1. The Bertz CT molecular complexity index is 1230. The average molecular weight is 439 g/mol. The summed E-state index contributed by atoms with van der Waals surface area (Å²) < 4.78 is 11.9. The molecule has 3 aromatic rings. The summed E-state index contributed by atoms with van der Waals surface area (Å²) in [5.74, 6) is 0.447. The number of carbonyl (C=O) groups excluding carboxylic acids is 1.